The zero-order valence-corrected chi connectivity index (χ0v) is 14.4. The smallest absolute Gasteiger partial charge is 0.409 e. The second-order valence-corrected chi connectivity index (χ2v) is 5.37. The first kappa shape index (κ1) is 17.9. The van der Waals surface area contributed by atoms with Crippen LogP contribution < -0.4 is 9.47 Å². The Kier molecular flexibility index (Phi) is 6.28. The molecular weight excluding hydrogens is 312 g/mol. The van der Waals surface area contributed by atoms with Crippen LogP contribution >= 0.6 is 0 Å². The van der Waals surface area contributed by atoms with Gasteiger partial charge < -0.3 is 24.0 Å². The van der Waals surface area contributed by atoms with E-state index in [-0.39, 0.29) is 12.0 Å². The van der Waals surface area contributed by atoms with Crippen LogP contribution in [-0.4, -0.2) is 68.8 Å². The number of methoxy groups -OCH3 is 2. The molecule has 0 aliphatic carbocycles. The first-order chi connectivity index (χ1) is 11.6. The third-order valence-electron chi connectivity index (χ3n) is 3.95. The van der Waals surface area contributed by atoms with Gasteiger partial charge in [0.15, 0.2) is 0 Å². The molecule has 1 aliphatic rings. The lowest BCUT2D eigenvalue weighted by atomic mass is 10.1. The van der Waals surface area contributed by atoms with Gasteiger partial charge in [-0.2, -0.15) is 0 Å². The van der Waals surface area contributed by atoms with Crippen LogP contribution in [0.25, 0.3) is 0 Å². The SMILES string of the molecule is CCOC(=O)N1CCCN(C(=O)c2c(OC)cccc2OC)CC1. The molecule has 1 aliphatic heterocycles. The highest BCUT2D eigenvalue weighted by atomic mass is 16.6. The standard InChI is InChI=1S/C17H24N2O5/c1-4-24-17(21)19-10-6-9-18(11-12-19)16(20)15-13(22-2)7-5-8-14(15)23-3/h5,7-8H,4,6,9-12H2,1-3H3. The van der Waals surface area contributed by atoms with Gasteiger partial charge in [0.25, 0.3) is 5.91 Å². The molecule has 0 radical (unpaired) electrons. The lowest BCUT2D eigenvalue weighted by Crippen LogP contribution is -2.37. The van der Waals surface area contributed by atoms with Gasteiger partial charge in [-0.3, -0.25) is 4.79 Å². The fourth-order valence-electron chi connectivity index (χ4n) is 2.74. The molecule has 24 heavy (non-hydrogen) atoms. The van der Waals surface area contributed by atoms with E-state index < -0.39 is 0 Å². The Hall–Kier alpha value is -2.44. The van der Waals surface area contributed by atoms with E-state index in [0.29, 0.717) is 56.3 Å². The van der Waals surface area contributed by atoms with Crippen LogP contribution in [0.3, 0.4) is 0 Å². The Balaban J connectivity index is 2.15. The molecule has 0 N–H and O–H groups in total. The van der Waals surface area contributed by atoms with Gasteiger partial charge in [-0.15, -0.1) is 0 Å². The maximum Gasteiger partial charge on any atom is 0.409 e. The normalized spacial score (nSPS) is 14.8. The lowest BCUT2D eigenvalue weighted by Gasteiger charge is -2.23. The molecule has 7 nitrogen and oxygen atoms in total. The van der Waals surface area contributed by atoms with Crippen LogP contribution in [0.15, 0.2) is 18.2 Å². The minimum absolute atomic E-state index is 0.157. The average molecular weight is 336 g/mol. The van der Waals surface area contributed by atoms with Crippen LogP contribution in [0, 0.1) is 0 Å². The number of ether oxygens (including phenoxy) is 3. The molecule has 132 valence electrons. The first-order valence-electron chi connectivity index (χ1n) is 8.04. The van der Waals surface area contributed by atoms with Gasteiger partial charge in [-0.1, -0.05) is 6.07 Å². The molecule has 1 heterocycles. The number of hydrogen-bond donors (Lipinski definition) is 0. The van der Waals surface area contributed by atoms with Crippen LogP contribution in [0.5, 0.6) is 11.5 Å². The van der Waals surface area contributed by atoms with Crippen molar-refractivity contribution in [3.05, 3.63) is 23.8 Å². The van der Waals surface area contributed by atoms with Crippen molar-refractivity contribution in [3.63, 3.8) is 0 Å². The summed E-state index contributed by atoms with van der Waals surface area (Å²) in [4.78, 5) is 28.2. The van der Waals surface area contributed by atoms with Gasteiger partial charge in [0, 0.05) is 26.2 Å². The highest BCUT2D eigenvalue weighted by molar-refractivity contribution is 5.99. The van der Waals surface area contributed by atoms with E-state index in [2.05, 4.69) is 0 Å². The number of amides is 2. The molecule has 7 heteroatoms. The second kappa shape index (κ2) is 8.42. The van der Waals surface area contributed by atoms with E-state index in [1.165, 1.54) is 14.2 Å². The molecule has 0 bridgehead atoms. The largest absolute Gasteiger partial charge is 0.496 e. The number of nitrogens with zero attached hydrogens (tertiary/aromatic N) is 2. The fourth-order valence-corrected chi connectivity index (χ4v) is 2.74. The van der Waals surface area contributed by atoms with Gasteiger partial charge in [0.05, 0.1) is 20.8 Å². The summed E-state index contributed by atoms with van der Waals surface area (Å²) in [5, 5.41) is 0. The van der Waals surface area contributed by atoms with Crippen molar-refractivity contribution in [1.29, 1.82) is 0 Å². The Labute approximate surface area is 142 Å². The molecule has 0 atom stereocenters. The van der Waals surface area contributed by atoms with Crippen molar-refractivity contribution in [1.82, 2.24) is 9.80 Å². The predicted molar refractivity (Wildman–Crippen MR) is 88.7 cm³/mol. The Morgan fingerprint density at radius 2 is 1.58 bits per heavy atom. The fraction of sp³-hybridized carbons (Fsp3) is 0.529. The van der Waals surface area contributed by atoms with Crippen molar-refractivity contribution >= 4 is 12.0 Å². The molecule has 0 saturated carbocycles. The summed E-state index contributed by atoms with van der Waals surface area (Å²) in [6, 6.07) is 5.25. The lowest BCUT2D eigenvalue weighted by molar-refractivity contribution is 0.0746. The van der Waals surface area contributed by atoms with Crippen molar-refractivity contribution in [3.8, 4) is 11.5 Å². The molecule has 1 fully saturated rings. The number of hydrogen-bond acceptors (Lipinski definition) is 5. The van der Waals surface area contributed by atoms with E-state index >= 15 is 0 Å². The maximum atomic E-state index is 12.9. The van der Waals surface area contributed by atoms with Crippen molar-refractivity contribution in [2.24, 2.45) is 0 Å². The molecule has 0 aromatic heterocycles. The van der Waals surface area contributed by atoms with E-state index in [4.69, 9.17) is 14.2 Å². The monoisotopic (exact) mass is 336 g/mol. The maximum absolute atomic E-state index is 12.9. The van der Waals surface area contributed by atoms with Crippen molar-refractivity contribution in [2.45, 2.75) is 13.3 Å². The van der Waals surface area contributed by atoms with E-state index in [1.807, 2.05) is 0 Å². The topological polar surface area (TPSA) is 68.3 Å². The molecular formula is C17H24N2O5. The molecule has 0 spiro atoms. The van der Waals surface area contributed by atoms with Crippen LogP contribution in [0.1, 0.15) is 23.7 Å². The third-order valence-corrected chi connectivity index (χ3v) is 3.95. The summed E-state index contributed by atoms with van der Waals surface area (Å²) in [5.41, 5.74) is 0.409. The Bertz CT molecular complexity index is 568. The number of carbonyl (C=O) groups excluding carboxylic acids is 2. The van der Waals surface area contributed by atoms with Gasteiger partial charge in [-0.05, 0) is 25.5 Å². The highest BCUT2D eigenvalue weighted by Gasteiger charge is 2.27. The van der Waals surface area contributed by atoms with E-state index in [9.17, 15) is 9.59 Å². The van der Waals surface area contributed by atoms with Crippen LogP contribution in [0.4, 0.5) is 4.79 Å². The summed E-state index contributed by atoms with van der Waals surface area (Å²) in [7, 11) is 3.05. The highest BCUT2D eigenvalue weighted by Crippen LogP contribution is 2.29. The average Bonchev–Trinajstić information content (AvgIpc) is 2.86. The molecule has 1 aromatic rings. The van der Waals surface area contributed by atoms with Crippen molar-refractivity contribution in [2.75, 3.05) is 47.0 Å². The first-order valence-corrected chi connectivity index (χ1v) is 8.04. The van der Waals surface area contributed by atoms with Gasteiger partial charge >= 0.3 is 6.09 Å². The molecule has 0 unspecified atom stereocenters. The van der Waals surface area contributed by atoms with Crippen LogP contribution in [-0.2, 0) is 4.74 Å². The minimum atomic E-state index is -0.332. The quantitative estimate of drug-likeness (QED) is 0.841. The second-order valence-electron chi connectivity index (χ2n) is 5.37. The van der Waals surface area contributed by atoms with Gasteiger partial charge in [0.2, 0.25) is 0 Å². The van der Waals surface area contributed by atoms with E-state index in [0.717, 1.165) is 0 Å². The zero-order chi connectivity index (χ0) is 17.5. The molecule has 1 saturated heterocycles. The van der Waals surface area contributed by atoms with E-state index in [1.54, 1.807) is 34.9 Å². The third kappa shape index (κ3) is 3.90. The summed E-state index contributed by atoms with van der Waals surface area (Å²) < 4.78 is 15.7. The molecule has 2 rings (SSSR count). The number of carbonyl (C=O) groups is 2. The Morgan fingerprint density at radius 3 is 2.17 bits per heavy atom. The summed E-state index contributed by atoms with van der Waals surface area (Å²) >= 11 is 0. The zero-order valence-electron chi connectivity index (χ0n) is 14.4. The number of rotatable bonds is 4. The Morgan fingerprint density at radius 1 is 1.00 bits per heavy atom. The van der Waals surface area contributed by atoms with Gasteiger partial charge in [-0.25, -0.2) is 4.79 Å². The summed E-state index contributed by atoms with van der Waals surface area (Å²) in [5.74, 6) is 0.798. The minimum Gasteiger partial charge on any atom is -0.496 e. The molecule has 1 aromatic carbocycles. The predicted octanol–water partition coefficient (Wildman–Crippen LogP) is 2.01. The van der Waals surface area contributed by atoms with Crippen molar-refractivity contribution < 1.29 is 23.8 Å². The number of benzene rings is 1. The summed E-state index contributed by atoms with van der Waals surface area (Å²) in [6.07, 6.45) is 0.365. The molecule has 2 amide bonds. The van der Waals surface area contributed by atoms with Gasteiger partial charge in [0.1, 0.15) is 17.1 Å². The van der Waals surface area contributed by atoms with Crippen LogP contribution in [0.2, 0.25) is 0 Å². The summed E-state index contributed by atoms with van der Waals surface area (Å²) in [6.45, 7) is 4.15.